The van der Waals surface area contributed by atoms with Gasteiger partial charge in [0.15, 0.2) is 0 Å². The molecule has 0 fully saturated rings. The van der Waals surface area contributed by atoms with Gasteiger partial charge in [-0.05, 0) is 43.3 Å². The fourth-order valence-corrected chi connectivity index (χ4v) is 4.15. The molecule has 148 valence electrons. The first-order valence-electron chi connectivity index (χ1n) is 8.89. The van der Waals surface area contributed by atoms with Gasteiger partial charge in [0, 0.05) is 55.9 Å². The lowest BCUT2D eigenvalue weighted by Gasteiger charge is -2.34. The standard InChI is InChI=1S/C20H24N4O3S/c1-6-23(20(26)27)19(25)24-15-9-7-13(21(2)3)11-17(15)28-18-12-14(22(4)5)8-10-16(18)24/h7-12H,6H2,1-5H3,(H,26,27). The van der Waals surface area contributed by atoms with Crippen LogP contribution in [0.15, 0.2) is 46.2 Å². The van der Waals surface area contributed by atoms with E-state index in [4.69, 9.17) is 0 Å². The van der Waals surface area contributed by atoms with Crippen molar-refractivity contribution in [3.8, 4) is 0 Å². The third-order valence-corrected chi connectivity index (χ3v) is 5.68. The predicted octanol–water partition coefficient (Wildman–Crippen LogP) is 4.54. The van der Waals surface area contributed by atoms with E-state index in [0.717, 1.165) is 26.1 Å². The molecule has 1 aliphatic heterocycles. The summed E-state index contributed by atoms with van der Waals surface area (Å²) in [6.45, 7) is 1.73. The zero-order valence-electron chi connectivity index (χ0n) is 16.6. The molecule has 7 nitrogen and oxygen atoms in total. The lowest BCUT2D eigenvalue weighted by molar-refractivity contribution is 0.153. The van der Waals surface area contributed by atoms with Gasteiger partial charge in [0.2, 0.25) is 0 Å². The topological polar surface area (TPSA) is 67.3 Å². The van der Waals surface area contributed by atoms with Crippen LogP contribution in [-0.4, -0.2) is 56.9 Å². The molecule has 28 heavy (non-hydrogen) atoms. The minimum absolute atomic E-state index is 0.0774. The molecule has 2 aromatic rings. The van der Waals surface area contributed by atoms with Gasteiger partial charge in [-0.25, -0.2) is 14.5 Å². The van der Waals surface area contributed by atoms with Crippen LogP contribution in [0, 0.1) is 0 Å². The average molecular weight is 401 g/mol. The van der Waals surface area contributed by atoms with Crippen molar-refractivity contribution in [2.45, 2.75) is 16.7 Å². The number of amides is 3. The van der Waals surface area contributed by atoms with E-state index in [9.17, 15) is 14.7 Å². The molecular weight excluding hydrogens is 376 g/mol. The summed E-state index contributed by atoms with van der Waals surface area (Å²) in [6, 6.07) is 11.0. The second-order valence-corrected chi connectivity index (χ2v) is 7.92. The third-order valence-electron chi connectivity index (χ3n) is 4.59. The molecule has 0 saturated carbocycles. The average Bonchev–Trinajstić information content (AvgIpc) is 2.64. The number of hydrogen-bond acceptors (Lipinski definition) is 5. The molecule has 8 heteroatoms. The van der Waals surface area contributed by atoms with Crippen LogP contribution in [0.4, 0.5) is 32.3 Å². The highest BCUT2D eigenvalue weighted by Gasteiger charge is 2.33. The lowest BCUT2D eigenvalue weighted by Crippen LogP contribution is -2.44. The maximum Gasteiger partial charge on any atom is 0.415 e. The lowest BCUT2D eigenvalue weighted by atomic mass is 10.2. The molecule has 1 heterocycles. The van der Waals surface area contributed by atoms with Crippen LogP contribution in [0.3, 0.4) is 0 Å². The molecule has 3 rings (SSSR count). The Morgan fingerprint density at radius 1 is 0.929 bits per heavy atom. The SMILES string of the molecule is CCN(C(=O)O)C(=O)N1c2ccc(N(C)C)cc2Sc2cc(N(C)C)ccc21. The van der Waals surface area contributed by atoms with Gasteiger partial charge >= 0.3 is 12.1 Å². The van der Waals surface area contributed by atoms with Crippen LogP contribution >= 0.6 is 11.8 Å². The summed E-state index contributed by atoms with van der Waals surface area (Å²) in [7, 11) is 7.83. The number of carbonyl (C=O) groups excluding carboxylic acids is 1. The normalized spacial score (nSPS) is 12.1. The quantitative estimate of drug-likeness (QED) is 0.816. The van der Waals surface area contributed by atoms with Gasteiger partial charge in [-0.1, -0.05) is 11.8 Å². The zero-order chi connectivity index (χ0) is 20.6. The summed E-state index contributed by atoms with van der Waals surface area (Å²) < 4.78 is 0. The number of carbonyl (C=O) groups is 2. The second kappa shape index (κ2) is 7.63. The number of fused-ring (bicyclic) bond motifs is 2. The molecule has 0 radical (unpaired) electrons. The molecule has 0 bridgehead atoms. The Labute approximate surface area is 169 Å². The number of imide groups is 1. The summed E-state index contributed by atoms with van der Waals surface area (Å²) in [5.74, 6) is 0. The third kappa shape index (κ3) is 3.47. The predicted molar refractivity (Wildman–Crippen MR) is 114 cm³/mol. The maximum atomic E-state index is 13.2. The van der Waals surface area contributed by atoms with Crippen LogP contribution in [0.25, 0.3) is 0 Å². The van der Waals surface area contributed by atoms with E-state index >= 15 is 0 Å². The van der Waals surface area contributed by atoms with Crippen molar-refractivity contribution >= 4 is 46.6 Å². The number of rotatable bonds is 3. The smallest absolute Gasteiger partial charge is 0.415 e. The Morgan fingerprint density at radius 3 is 1.75 bits per heavy atom. The van der Waals surface area contributed by atoms with Gasteiger partial charge in [0.1, 0.15) is 0 Å². The van der Waals surface area contributed by atoms with Gasteiger partial charge in [-0.15, -0.1) is 0 Å². The molecule has 3 amide bonds. The van der Waals surface area contributed by atoms with E-state index in [0.29, 0.717) is 11.4 Å². The largest absolute Gasteiger partial charge is 0.465 e. The van der Waals surface area contributed by atoms with Gasteiger partial charge in [-0.3, -0.25) is 4.90 Å². The summed E-state index contributed by atoms with van der Waals surface area (Å²) in [4.78, 5) is 32.9. The number of nitrogens with zero attached hydrogens (tertiary/aromatic N) is 4. The molecular formula is C20H24N4O3S. The summed E-state index contributed by atoms with van der Waals surface area (Å²) in [5.41, 5.74) is 3.39. The molecule has 0 aromatic heterocycles. The van der Waals surface area contributed by atoms with Crippen molar-refractivity contribution in [1.82, 2.24) is 4.90 Å². The van der Waals surface area contributed by atoms with Crippen LogP contribution < -0.4 is 14.7 Å². The molecule has 0 spiro atoms. The molecule has 0 atom stereocenters. The van der Waals surface area contributed by atoms with E-state index in [1.807, 2.05) is 74.4 Å². The van der Waals surface area contributed by atoms with Crippen molar-refractivity contribution in [3.05, 3.63) is 36.4 Å². The molecule has 0 saturated heterocycles. The molecule has 1 aliphatic rings. The highest BCUT2D eigenvalue weighted by Crippen LogP contribution is 2.50. The van der Waals surface area contributed by atoms with Gasteiger partial charge in [0.05, 0.1) is 11.4 Å². The Morgan fingerprint density at radius 2 is 1.39 bits per heavy atom. The fraction of sp³-hybridized carbons (Fsp3) is 0.300. The monoisotopic (exact) mass is 400 g/mol. The maximum absolute atomic E-state index is 13.2. The Bertz CT molecular complexity index is 872. The van der Waals surface area contributed by atoms with Gasteiger partial charge < -0.3 is 14.9 Å². The van der Waals surface area contributed by atoms with Gasteiger partial charge in [0.25, 0.3) is 0 Å². The van der Waals surface area contributed by atoms with Crippen LogP contribution in [0.5, 0.6) is 0 Å². The number of benzene rings is 2. The Hall–Kier alpha value is -2.87. The van der Waals surface area contributed by atoms with Crippen molar-refractivity contribution in [2.24, 2.45) is 0 Å². The second-order valence-electron chi connectivity index (χ2n) is 6.84. The van der Waals surface area contributed by atoms with E-state index < -0.39 is 12.1 Å². The summed E-state index contributed by atoms with van der Waals surface area (Å²) in [6.07, 6.45) is -1.26. The molecule has 1 N–H and O–H groups in total. The van der Waals surface area contributed by atoms with E-state index in [1.54, 1.807) is 18.7 Å². The van der Waals surface area contributed by atoms with Gasteiger partial charge in [-0.2, -0.15) is 0 Å². The molecule has 0 aliphatic carbocycles. The number of anilines is 4. The van der Waals surface area contributed by atoms with Crippen LogP contribution in [-0.2, 0) is 0 Å². The zero-order valence-corrected chi connectivity index (χ0v) is 17.4. The number of carboxylic acid groups (broad SMARTS) is 1. The van der Waals surface area contributed by atoms with Crippen LogP contribution in [0.2, 0.25) is 0 Å². The minimum Gasteiger partial charge on any atom is -0.465 e. The van der Waals surface area contributed by atoms with E-state index in [1.165, 1.54) is 4.90 Å². The fourth-order valence-electron chi connectivity index (χ4n) is 3.02. The van der Waals surface area contributed by atoms with Crippen molar-refractivity contribution in [3.63, 3.8) is 0 Å². The molecule has 2 aromatic carbocycles. The van der Waals surface area contributed by atoms with Crippen molar-refractivity contribution in [1.29, 1.82) is 0 Å². The van der Waals surface area contributed by atoms with E-state index in [2.05, 4.69) is 0 Å². The Kier molecular flexibility index (Phi) is 5.42. The minimum atomic E-state index is -1.26. The van der Waals surface area contributed by atoms with Crippen molar-refractivity contribution < 1.29 is 14.7 Å². The number of urea groups is 1. The van der Waals surface area contributed by atoms with Crippen LogP contribution in [0.1, 0.15) is 6.92 Å². The number of hydrogen-bond donors (Lipinski definition) is 1. The van der Waals surface area contributed by atoms with Crippen molar-refractivity contribution in [2.75, 3.05) is 49.4 Å². The highest BCUT2D eigenvalue weighted by molar-refractivity contribution is 7.99. The molecule has 0 unspecified atom stereocenters. The first-order valence-corrected chi connectivity index (χ1v) is 9.71. The summed E-state index contributed by atoms with van der Waals surface area (Å²) in [5, 5.41) is 9.46. The first-order chi connectivity index (χ1) is 13.2. The highest BCUT2D eigenvalue weighted by atomic mass is 32.2. The van der Waals surface area contributed by atoms with E-state index in [-0.39, 0.29) is 6.54 Å². The Balaban J connectivity index is 2.18. The first kappa shape index (κ1) is 19.9. The summed E-state index contributed by atoms with van der Waals surface area (Å²) >= 11 is 1.58.